The molecule has 5 rings (SSSR count). The van der Waals surface area contributed by atoms with E-state index < -0.39 is 0 Å². The first-order chi connectivity index (χ1) is 13.2. The lowest BCUT2D eigenvalue weighted by Gasteiger charge is -2.17. The van der Waals surface area contributed by atoms with Crippen LogP contribution < -0.4 is 5.32 Å². The van der Waals surface area contributed by atoms with E-state index in [0.29, 0.717) is 28.9 Å². The van der Waals surface area contributed by atoms with Crippen molar-refractivity contribution in [2.75, 3.05) is 26.2 Å². The van der Waals surface area contributed by atoms with Crippen molar-refractivity contribution in [1.29, 1.82) is 0 Å². The van der Waals surface area contributed by atoms with Gasteiger partial charge in [-0.1, -0.05) is 18.2 Å². The van der Waals surface area contributed by atoms with Crippen molar-refractivity contribution in [2.24, 2.45) is 11.8 Å². The van der Waals surface area contributed by atoms with Gasteiger partial charge in [0.05, 0.1) is 11.3 Å². The molecule has 2 atom stereocenters. The summed E-state index contributed by atoms with van der Waals surface area (Å²) in [6, 6.07) is 13.6. The van der Waals surface area contributed by atoms with Crippen LogP contribution in [-0.4, -0.2) is 46.8 Å². The second-order valence-electron chi connectivity index (χ2n) is 7.47. The fraction of sp³-hybridized carbons (Fsp3) is 0.333. The standard InChI is InChI=1S/C21H22N4O2/c1-14-7-8-19(27-14)20-18(13-25(23-20)17-5-3-2-4-6-17)21(26)24-11-15-9-22-10-16(15)12-24/h2-8,13,15-16,22H,9-12H2,1H3/t15-,16+. The molecule has 0 saturated carbocycles. The van der Waals surface area contributed by atoms with Crippen LogP contribution in [0.1, 0.15) is 16.1 Å². The minimum Gasteiger partial charge on any atom is -0.460 e. The van der Waals surface area contributed by atoms with Gasteiger partial charge in [-0.25, -0.2) is 4.68 Å². The molecule has 0 aliphatic carbocycles. The van der Waals surface area contributed by atoms with Gasteiger partial charge in [0.25, 0.3) is 5.91 Å². The fourth-order valence-electron chi connectivity index (χ4n) is 4.18. The third-order valence-electron chi connectivity index (χ3n) is 5.62. The Kier molecular flexibility index (Phi) is 3.86. The largest absolute Gasteiger partial charge is 0.460 e. The Hall–Kier alpha value is -2.86. The predicted molar refractivity (Wildman–Crippen MR) is 102 cm³/mol. The van der Waals surface area contributed by atoms with Crippen LogP contribution in [0.3, 0.4) is 0 Å². The van der Waals surface area contributed by atoms with Crippen LogP contribution in [-0.2, 0) is 0 Å². The Bertz CT molecular complexity index is 963. The van der Waals surface area contributed by atoms with E-state index in [1.165, 1.54) is 0 Å². The number of nitrogens with zero attached hydrogens (tertiary/aromatic N) is 3. The average Bonchev–Trinajstić information content (AvgIpc) is 3.44. The van der Waals surface area contributed by atoms with E-state index in [9.17, 15) is 4.79 Å². The molecule has 0 radical (unpaired) electrons. The van der Waals surface area contributed by atoms with Gasteiger partial charge in [0.1, 0.15) is 11.5 Å². The van der Waals surface area contributed by atoms with E-state index in [-0.39, 0.29) is 5.91 Å². The molecule has 1 aromatic carbocycles. The molecule has 1 amide bonds. The number of fused-ring (bicyclic) bond motifs is 1. The van der Waals surface area contributed by atoms with E-state index in [0.717, 1.165) is 37.6 Å². The number of rotatable bonds is 3. The number of aromatic nitrogens is 2. The van der Waals surface area contributed by atoms with E-state index in [2.05, 4.69) is 5.32 Å². The summed E-state index contributed by atoms with van der Waals surface area (Å²) in [6.45, 7) is 5.52. The topological polar surface area (TPSA) is 63.3 Å². The van der Waals surface area contributed by atoms with Crippen LogP contribution in [0.5, 0.6) is 0 Å². The fourth-order valence-corrected chi connectivity index (χ4v) is 4.18. The van der Waals surface area contributed by atoms with E-state index in [1.54, 1.807) is 4.68 Å². The van der Waals surface area contributed by atoms with Gasteiger partial charge in [-0.15, -0.1) is 0 Å². The number of hydrogen-bond donors (Lipinski definition) is 1. The zero-order valence-corrected chi connectivity index (χ0v) is 15.3. The maximum Gasteiger partial charge on any atom is 0.257 e. The van der Waals surface area contributed by atoms with Crippen molar-refractivity contribution in [3.8, 4) is 17.1 Å². The monoisotopic (exact) mass is 362 g/mol. The van der Waals surface area contributed by atoms with Crippen molar-refractivity contribution in [3.05, 3.63) is 60.0 Å². The first kappa shape index (κ1) is 16.3. The van der Waals surface area contributed by atoms with Gasteiger partial charge in [0.15, 0.2) is 5.76 Å². The Morgan fingerprint density at radius 3 is 2.52 bits per heavy atom. The molecule has 2 aromatic heterocycles. The number of furan rings is 1. The van der Waals surface area contributed by atoms with E-state index >= 15 is 0 Å². The highest BCUT2D eigenvalue weighted by Crippen LogP contribution is 2.31. The van der Waals surface area contributed by atoms with Crippen LogP contribution in [0.25, 0.3) is 17.1 Å². The second-order valence-corrected chi connectivity index (χ2v) is 7.47. The SMILES string of the molecule is Cc1ccc(-c2nn(-c3ccccc3)cc2C(=O)N2C[C@H]3CNC[C@H]3C2)o1. The summed E-state index contributed by atoms with van der Waals surface area (Å²) in [5, 5.41) is 8.11. The molecule has 27 heavy (non-hydrogen) atoms. The van der Waals surface area contributed by atoms with Crippen LogP contribution in [0.2, 0.25) is 0 Å². The highest BCUT2D eigenvalue weighted by atomic mass is 16.3. The van der Waals surface area contributed by atoms with Gasteiger partial charge < -0.3 is 14.6 Å². The van der Waals surface area contributed by atoms with Crippen LogP contribution in [0, 0.1) is 18.8 Å². The number of nitrogens with one attached hydrogen (secondary N) is 1. The number of amides is 1. The molecule has 2 aliphatic rings. The molecule has 2 fully saturated rings. The van der Waals surface area contributed by atoms with Gasteiger partial charge in [-0.2, -0.15) is 5.10 Å². The molecule has 2 aliphatic heterocycles. The van der Waals surface area contributed by atoms with Crippen molar-refractivity contribution >= 4 is 5.91 Å². The first-order valence-corrected chi connectivity index (χ1v) is 9.41. The van der Waals surface area contributed by atoms with Gasteiger partial charge in [-0.05, 0) is 43.0 Å². The molecule has 4 heterocycles. The first-order valence-electron chi connectivity index (χ1n) is 9.41. The van der Waals surface area contributed by atoms with E-state index in [1.807, 2.05) is 60.5 Å². The lowest BCUT2D eigenvalue weighted by atomic mass is 10.0. The Morgan fingerprint density at radius 2 is 1.85 bits per heavy atom. The van der Waals surface area contributed by atoms with Gasteiger partial charge in [0.2, 0.25) is 0 Å². The lowest BCUT2D eigenvalue weighted by molar-refractivity contribution is 0.0782. The van der Waals surface area contributed by atoms with Crippen LogP contribution in [0.4, 0.5) is 0 Å². The molecule has 0 spiro atoms. The zero-order valence-electron chi connectivity index (χ0n) is 15.3. The minimum atomic E-state index is 0.0376. The zero-order chi connectivity index (χ0) is 18.4. The summed E-state index contributed by atoms with van der Waals surface area (Å²) in [4.78, 5) is 15.3. The Balaban J connectivity index is 1.54. The molecule has 1 N–H and O–H groups in total. The summed E-state index contributed by atoms with van der Waals surface area (Å²) in [6.07, 6.45) is 1.83. The van der Waals surface area contributed by atoms with Gasteiger partial charge in [-0.3, -0.25) is 4.79 Å². The Labute approximate surface area is 157 Å². The second kappa shape index (κ2) is 6.39. The number of para-hydroxylation sites is 1. The highest BCUT2D eigenvalue weighted by molar-refractivity contribution is 5.99. The van der Waals surface area contributed by atoms with E-state index in [4.69, 9.17) is 9.52 Å². The number of likely N-dealkylation sites (tertiary alicyclic amines) is 1. The number of hydrogen-bond acceptors (Lipinski definition) is 4. The van der Waals surface area contributed by atoms with Crippen molar-refractivity contribution in [2.45, 2.75) is 6.92 Å². The molecule has 2 saturated heterocycles. The molecule has 0 unspecified atom stereocenters. The number of aryl methyl sites for hydroxylation is 1. The number of benzene rings is 1. The van der Waals surface area contributed by atoms with Crippen LogP contribution >= 0.6 is 0 Å². The summed E-state index contributed by atoms with van der Waals surface area (Å²) in [5.74, 6) is 2.60. The van der Waals surface area contributed by atoms with Crippen molar-refractivity contribution in [1.82, 2.24) is 20.0 Å². The number of carbonyl (C=O) groups excluding carboxylic acids is 1. The quantitative estimate of drug-likeness (QED) is 0.778. The number of carbonyl (C=O) groups is 1. The molecule has 6 nitrogen and oxygen atoms in total. The molecule has 0 bridgehead atoms. The third-order valence-corrected chi connectivity index (χ3v) is 5.62. The molecule has 138 valence electrons. The summed E-state index contributed by atoms with van der Waals surface area (Å²) < 4.78 is 7.55. The molecule has 6 heteroatoms. The van der Waals surface area contributed by atoms with Crippen LogP contribution in [0.15, 0.2) is 53.1 Å². The highest BCUT2D eigenvalue weighted by Gasteiger charge is 2.39. The maximum atomic E-state index is 13.3. The van der Waals surface area contributed by atoms with Crippen molar-refractivity contribution < 1.29 is 9.21 Å². The summed E-state index contributed by atoms with van der Waals surface area (Å²) >= 11 is 0. The minimum absolute atomic E-state index is 0.0376. The Morgan fingerprint density at radius 1 is 1.11 bits per heavy atom. The average molecular weight is 362 g/mol. The molecular formula is C21H22N4O2. The van der Waals surface area contributed by atoms with Gasteiger partial charge >= 0.3 is 0 Å². The third kappa shape index (κ3) is 2.86. The molecule has 3 aromatic rings. The molecular weight excluding hydrogens is 340 g/mol. The summed E-state index contributed by atoms with van der Waals surface area (Å²) in [5.41, 5.74) is 2.12. The summed E-state index contributed by atoms with van der Waals surface area (Å²) in [7, 11) is 0. The normalized spacial score (nSPS) is 21.6. The van der Waals surface area contributed by atoms with Crippen molar-refractivity contribution in [3.63, 3.8) is 0 Å². The van der Waals surface area contributed by atoms with Gasteiger partial charge in [0, 0.05) is 32.4 Å². The maximum absolute atomic E-state index is 13.3. The predicted octanol–water partition coefficient (Wildman–Crippen LogP) is 2.73. The smallest absolute Gasteiger partial charge is 0.257 e. The lowest BCUT2D eigenvalue weighted by Crippen LogP contribution is -2.32.